The van der Waals surface area contributed by atoms with Crippen LogP contribution in [0.2, 0.25) is 0 Å². The number of nitrogens with one attached hydrogen (secondary N) is 1. The van der Waals surface area contributed by atoms with Crippen molar-refractivity contribution in [1.82, 2.24) is 5.32 Å². The molecule has 0 bridgehead atoms. The van der Waals surface area contributed by atoms with Gasteiger partial charge in [0.1, 0.15) is 5.82 Å². The molecular weight excluding hydrogens is 317 g/mol. The molecule has 2 rings (SSSR count). The Bertz CT molecular complexity index is 504. The molecule has 0 fully saturated rings. The molecule has 0 amide bonds. The molecule has 96 valence electrons. The Kier molecular flexibility index (Phi) is 4.88. The van der Waals surface area contributed by atoms with Crippen molar-refractivity contribution in [3.63, 3.8) is 0 Å². The molecule has 0 spiro atoms. The molecule has 1 aromatic heterocycles. The molecule has 1 aromatic carbocycles. The van der Waals surface area contributed by atoms with Gasteiger partial charge in [-0.2, -0.15) is 11.3 Å². The SMILES string of the molecule is OC(CNCc1ccc(F)cc1Br)c1ccsc1. The number of hydrogen-bond acceptors (Lipinski definition) is 3. The van der Waals surface area contributed by atoms with Crippen molar-refractivity contribution in [3.05, 3.63) is 56.4 Å². The molecule has 1 heterocycles. The molecule has 18 heavy (non-hydrogen) atoms. The van der Waals surface area contributed by atoms with E-state index in [2.05, 4.69) is 21.2 Å². The molecule has 2 nitrogen and oxygen atoms in total. The second-order valence-corrected chi connectivity index (χ2v) is 5.57. The highest BCUT2D eigenvalue weighted by atomic mass is 79.9. The highest BCUT2D eigenvalue weighted by Gasteiger charge is 2.07. The van der Waals surface area contributed by atoms with E-state index in [4.69, 9.17) is 0 Å². The summed E-state index contributed by atoms with van der Waals surface area (Å²) in [6.45, 7) is 1.06. The van der Waals surface area contributed by atoms with Crippen molar-refractivity contribution in [1.29, 1.82) is 0 Å². The van der Waals surface area contributed by atoms with Crippen LogP contribution >= 0.6 is 27.3 Å². The van der Waals surface area contributed by atoms with Gasteiger partial charge in [0.2, 0.25) is 0 Å². The minimum Gasteiger partial charge on any atom is -0.387 e. The smallest absolute Gasteiger partial charge is 0.124 e. The van der Waals surface area contributed by atoms with Gasteiger partial charge in [0.05, 0.1) is 6.10 Å². The molecular formula is C13H13BrFNOS. The van der Waals surface area contributed by atoms with Gasteiger partial charge in [-0.05, 0) is 40.1 Å². The molecule has 5 heteroatoms. The lowest BCUT2D eigenvalue weighted by Crippen LogP contribution is -2.21. The lowest BCUT2D eigenvalue weighted by atomic mass is 10.2. The lowest BCUT2D eigenvalue weighted by molar-refractivity contribution is 0.175. The lowest BCUT2D eigenvalue weighted by Gasteiger charge is -2.11. The Morgan fingerprint density at radius 1 is 1.39 bits per heavy atom. The topological polar surface area (TPSA) is 32.3 Å². The number of thiophene rings is 1. The summed E-state index contributed by atoms with van der Waals surface area (Å²) >= 11 is 4.88. The van der Waals surface area contributed by atoms with Crippen LogP contribution in [0, 0.1) is 5.82 Å². The molecule has 0 aliphatic heterocycles. The van der Waals surface area contributed by atoms with Crippen LogP contribution in [0.3, 0.4) is 0 Å². The van der Waals surface area contributed by atoms with Crippen molar-refractivity contribution in [3.8, 4) is 0 Å². The number of halogens is 2. The molecule has 2 N–H and O–H groups in total. The molecule has 0 saturated heterocycles. The van der Waals surface area contributed by atoms with E-state index in [1.54, 1.807) is 17.4 Å². The van der Waals surface area contributed by atoms with Gasteiger partial charge in [-0.3, -0.25) is 0 Å². The third-order valence-corrected chi connectivity index (χ3v) is 4.04. The van der Waals surface area contributed by atoms with Crippen molar-refractivity contribution in [2.75, 3.05) is 6.54 Å². The molecule has 0 aliphatic rings. The van der Waals surface area contributed by atoms with Crippen LogP contribution in [-0.4, -0.2) is 11.7 Å². The van der Waals surface area contributed by atoms with Gasteiger partial charge in [-0.25, -0.2) is 4.39 Å². The summed E-state index contributed by atoms with van der Waals surface area (Å²) in [5, 5.41) is 16.9. The van der Waals surface area contributed by atoms with E-state index < -0.39 is 6.10 Å². The fourth-order valence-electron chi connectivity index (χ4n) is 1.59. The molecule has 0 aliphatic carbocycles. The third kappa shape index (κ3) is 3.62. The normalized spacial score (nSPS) is 12.6. The van der Waals surface area contributed by atoms with E-state index in [0.717, 1.165) is 15.6 Å². The van der Waals surface area contributed by atoms with Crippen molar-refractivity contribution in [2.45, 2.75) is 12.6 Å². The van der Waals surface area contributed by atoms with Gasteiger partial charge in [0.25, 0.3) is 0 Å². The van der Waals surface area contributed by atoms with Crippen molar-refractivity contribution >= 4 is 27.3 Å². The van der Waals surface area contributed by atoms with E-state index in [1.165, 1.54) is 12.1 Å². The minimum atomic E-state index is -0.504. The van der Waals surface area contributed by atoms with E-state index in [9.17, 15) is 9.50 Å². The predicted octanol–water partition coefficient (Wildman–Crippen LogP) is 3.47. The third-order valence-electron chi connectivity index (χ3n) is 2.60. The van der Waals surface area contributed by atoms with Crippen LogP contribution < -0.4 is 5.32 Å². The Morgan fingerprint density at radius 2 is 2.22 bits per heavy atom. The fraction of sp³-hybridized carbons (Fsp3) is 0.231. The molecule has 1 unspecified atom stereocenters. The number of benzene rings is 1. The predicted molar refractivity (Wildman–Crippen MR) is 75.1 cm³/mol. The van der Waals surface area contributed by atoms with Gasteiger partial charge in [0.15, 0.2) is 0 Å². The van der Waals surface area contributed by atoms with Gasteiger partial charge in [-0.1, -0.05) is 22.0 Å². The zero-order valence-corrected chi connectivity index (χ0v) is 12.0. The summed E-state index contributed by atoms with van der Waals surface area (Å²) in [7, 11) is 0. The summed E-state index contributed by atoms with van der Waals surface area (Å²) in [5.41, 5.74) is 1.89. The van der Waals surface area contributed by atoms with Crippen molar-refractivity contribution in [2.24, 2.45) is 0 Å². The highest BCUT2D eigenvalue weighted by Crippen LogP contribution is 2.19. The van der Waals surface area contributed by atoms with E-state index in [1.807, 2.05) is 16.8 Å². The number of aliphatic hydroxyl groups excluding tert-OH is 1. The van der Waals surface area contributed by atoms with Crippen LogP contribution in [0.5, 0.6) is 0 Å². The maximum absolute atomic E-state index is 12.9. The maximum atomic E-state index is 12.9. The second kappa shape index (κ2) is 6.43. The largest absolute Gasteiger partial charge is 0.387 e. The monoisotopic (exact) mass is 329 g/mol. The Morgan fingerprint density at radius 3 is 2.89 bits per heavy atom. The average Bonchev–Trinajstić information content (AvgIpc) is 2.85. The molecule has 0 saturated carbocycles. The Hall–Kier alpha value is -0.750. The molecule has 1 atom stereocenters. The minimum absolute atomic E-state index is 0.260. The zero-order valence-electron chi connectivity index (χ0n) is 9.57. The van der Waals surface area contributed by atoms with E-state index in [-0.39, 0.29) is 5.82 Å². The van der Waals surface area contributed by atoms with Crippen LogP contribution in [-0.2, 0) is 6.54 Å². The summed E-state index contributed by atoms with van der Waals surface area (Å²) in [6, 6.07) is 6.50. The van der Waals surface area contributed by atoms with Gasteiger partial charge in [-0.15, -0.1) is 0 Å². The average molecular weight is 330 g/mol. The van der Waals surface area contributed by atoms with Crippen LogP contribution in [0.4, 0.5) is 4.39 Å². The summed E-state index contributed by atoms with van der Waals surface area (Å²) in [4.78, 5) is 0. The van der Waals surface area contributed by atoms with E-state index in [0.29, 0.717) is 13.1 Å². The number of aliphatic hydroxyl groups is 1. The van der Waals surface area contributed by atoms with Crippen LogP contribution in [0.1, 0.15) is 17.2 Å². The Labute approximate surface area is 118 Å². The second-order valence-electron chi connectivity index (χ2n) is 3.94. The summed E-state index contributed by atoms with van der Waals surface area (Å²) < 4.78 is 13.6. The van der Waals surface area contributed by atoms with Crippen LogP contribution in [0.15, 0.2) is 39.5 Å². The summed E-state index contributed by atoms with van der Waals surface area (Å²) in [6.07, 6.45) is -0.504. The fourth-order valence-corrected chi connectivity index (χ4v) is 2.79. The highest BCUT2D eigenvalue weighted by molar-refractivity contribution is 9.10. The quantitative estimate of drug-likeness (QED) is 0.880. The first-order valence-corrected chi connectivity index (χ1v) is 7.25. The zero-order chi connectivity index (χ0) is 13.0. The first-order chi connectivity index (χ1) is 8.66. The van der Waals surface area contributed by atoms with Crippen molar-refractivity contribution < 1.29 is 9.50 Å². The van der Waals surface area contributed by atoms with Crippen LogP contribution in [0.25, 0.3) is 0 Å². The summed E-state index contributed by atoms with van der Waals surface area (Å²) in [5.74, 6) is -0.260. The molecule has 2 aromatic rings. The standard InChI is InChI=1S/C13H13BrFNOS/c14-12-5-11(15)2-1-9(12)6-16-7-13(17)10-3-4-18-8-10/h1-5,8,13,16-17H,6-7H2. The first kappa shape index (κ1) is 13.7. The number of hydrogen-bond donors (Lipinski definition) is 2. The number of rotatable bonds is 5. The van der Waals surface area contributed by atoms with Gasteiger partial charge in [0, 0.05) is 17.6 Å². The maximum Gasteiger partial charge on any atom is 0.124 e. The van der Waals surface area contributed by atoms with Gasteiger partial charge >= 0.3 is 0 Å². The molecule has 0 radical (unpaired) electrons. The first-order valence-electron chi connectivity index (χ1n) is 5.51. The van der Waals surface area contributed by atoms with E-state index >= 15 is 0 Å². The van der Waals surface area contributed by atoms with Gasteiger partial charge < -0.3 is 10.4 Å². The Balaban J connectivity index is 1.85.